The van der Waals surface area contributed by atoms with E-state index in [0.29, 0.717) is 13.2 Å². The van der Waals surface area contributed by atoms with Crippen LogP contribution in [0.3, 0.4) is 0 Å². The van der Waals surface area contributed by atoms with Crippen LogP contribution in [0.15, 0.2) is 30.3 Å². The normalized spacial score (nSPS) is 13.3. The van der Waals surface area contributed by atoms with Gasteiger partial charge in [-0.1, -0.05) is 37.3 Å². The van der Waals surface area contributed by atoms with Gasteiger partial charge in [0, 0.05) is 0 Å². The first-order valence-electron chi connectivity index (χ1n) is 6.97. The molecule has 0 spiro atoms. The number of carbonyl (C=O) groups is 2. The van der Waals surface area contributed by atoms with E-state index in [2.05, 4.69) is 0 Å². The molecule has 0 fully saturated rings. The molecular formula is C16H22O4. The van der Waals surface area contributed by atoms with E-state index < -0.39 is 5.92 Å². The Morgan fingerprint density at radius 3 is 2.20 bits per heavy atom. The van der Waals surface area contributed by atoms with Crippen molar-refractivity contribution in [1.82, 2.24) is 0 Å². The van der Waals surface area contributed by atoms with Gasteiger partial charge in [0.1, 0.15) is 0 Å². The number of hydrogen-bond acceptors (Lipinski definition) is 4. The zero-order valence-electron chi connectivity index (χ0n) is 12.3. The molecule has 4 heteroatoms. The monoisotopic (exact) mass is 278 g/mol. The minimum Gasteiger partial charge on any atom is -0.466 e. The zero-order valence-corrected chi connectivity index (χ0v) is 12.3. The topological polar surface area (TPSA) is 52.6 Å². The van der Waals surface area contributed by atoms with Crippen molar-refractivity contribution in [3.05, 3.63) is 35.9 Å². The summed E-state index contributed by atoms with van der Waals surface area (Å²) in [6.07, 6.45) is 0.0444. The quantitative estimate of drug-likeness (QED) is 0.720. The summed E-state index contributed by atoms with van der Waals surface area (Å²) < 4.78 is 10.0. The first-order valence-corrected chi connectivity index (χ1v) is 6.97. The van der Waals surface area contributed by atoms with Gasteiger partial charge in [-0.3, -0.25) is 9.59 Å². The molecule has 4 nitrogen and oxygen atoms in total. The second-order valence-electron chi connectivity index (χ2n) is 4.57. The van der Waals surface area contributed by atoms with E-state index in [-0.39, 0.29) is 24.3 Å². The summed E-state index contributed by atoms with van der Waals surface area (Å²) in [5.74, 6) is -1.33. The van der Waals surface area contributed by atoms with E-state index in [1.807, 2.05) is 37.3 Å². The summed E-state index contributed by atoms with van der Waals surface area (Å²) >= 11 is 0. The fourth-order valence-corrected chi connectivity index (χ4v) is 2.10. The molecule has 0 heterocycles. The number of carbonyl (C=O) groups excluding carboxylic acids is 2. The van der Waals surface area contributed by atoms with Gasteiger partial charge in [-0.2, -0.15) is 0 Å². The molecule has 0 unspecified atom stereocenters. The first kappa shape index (κ1) is 16.2. The minimum atomic E-state index is -0.517. The number of ether oxygens (including phenoxy) is 2. The lowest BCUT2D eigenvalue weighted by Crippen LogP contribution is -2.26. The van der Waals surface area contributed by atoms with E-state index in [1.165, 1.54) is 0 Å². The van der Waals surface area contributed by atoms with Gasteiger partial charge in [-0.05, 0) is 25.3 Å². The number of rotatable bonds is 7. The largest absolute Gasteiger partial charge is 0.466 e. The molecule has 1 aromatic carbocycles. The molecule has 0 aliphatic carbocycles. The van der Waals surface area contributed by atoms with Gasteiger partial charge in [-0.25, -0.2) is 0 Å². The van der Waals surface area contributed by atoms with Crippen LogP contribution in [0, 0.1) is 5.92 Å². The van der Waals surface area contributed by atoms with Gasteiger partial charge in [0.25, 0.3) is 0 Å². The lowest BCUT2D eigenvalue weighted by Gasteiger charge is -2.22. The van der Waals surface area contributed by atoms with Crippen LogP contribution < -0.4 is 0 Å². The highest BCUT2D eigenvalue weighted by molar-refractivity contribution is 5.80. The van der Waals surface area contributed by atoms with Crippen LogP contribution in [0.5, 0.6) is 0 Å². The van der Waals surface area contributed by atoms with Crippen LogP contribution in [0.2, 0.25) is 0 Å². The van der Waals surface area contributed by atoms with Gasteiger partial charge >= 0.3 is 11.9 Å². The van der Waals surface area contributed by atoms with Crippen molar-refractivity contribution in [2.45, 2.75) is 33.1 Å². The van der Waals surface area contributed by atoms with E-state index in [9.17, 15) is 9.59 Å². The van der Waals surface area contributed by atoms with Crippen molar-refractivity contribution < 1.29 is 19.1 Å². The fraction of sp³-hybridized carbons (Fsp3) is 0.500. The van der Waals surface area contributed by atoms with Gasteiger partial charge in [0.2, 0.25) is 0 Å². The highest BCUT2D eigenvalue weighted by atomic mass is 16.5. The molecule has 20 heavy (non-hydrogen) atoms. The van der Waals surface area contributed by atoms with Crippen LogP contribution in [0.25, 0.3) is 0 Å². The second-order valence-corrected chi connectivity index (χ2v) is 4.57. The molecule has 0 aliphatic heterocycles. The lowest BCUT2D eigenvalue weighted by atomic mass is 9.85. The molecule has 0 aromatic heterocycles. The van der Waals surface area contributed by atoms with E-state index >= 15 is 0 Å². The molecule has 0 saturated heterocycles. The molecule has 1 aromatic rings. The third kappa shape index (κ3) is 4.68. The Hall–Kier alpha value is -1.84. The Kier molecular flexibility index (Phi) is 6.77. The van der Waals surface area contributed by atoms with Crippen LogP contribution in [-0.4, -0.2) is 25.2 Å². The summed E-state index contributed by atoms with van der Waals surface area (Å²) in [6, 6.07) is 9.64. The number of hydrogen-bond donors (Lipinski definition) is 0. The van der Waals surface area contributed by atoms with Crippen LogP contribution >= 0.6 is 0 Å². The Morgan fingerprint density at radius 1 is 1.05 bits per heavy atom. The molecule has 110 valence electrons. The fourth-order valence-electron chi connectivity index (χ4n) is 2.10. The Balaban J connectivity index is 2.86. The summed E-state index contributed by atoms with van der Waals surface area (Å²) in [4.78, 5) is 23.7. The summed E-state index contributed by atoms with van der Waals surface area (Å²) in [6.45, 7) is 6.05. The third-order valence-corrected chi connectivity index (χ3v) is 3.21. The van der Waals surface area contributed by atoms with E-state index in [0.717, 1.165) is 5.56 Å². The van der Waals surface area contributed by atoms with Crippen molar-refractivity contribution in [1.29, 1.82) is 0 Å². The second kappa shape index (κ2) is 8.35. The molecule has 0 aliphatic rings. The van der Waals surface area contributed by atoms with Crippen molar-refractivity contribution in [3.63, 3.8) is 0 Å². The summed E-state index contributed by atoms with van der Waals surface area (Å²) in [5, 5.41) is 0. The summed E-state index contributed by atoms with van der Waals surface area (Å²) in [5.41, 5.74) is 1.01. The minimum absolute atomic E-state index is 0.0444. The smallest absolute Gasteiger partial charge is 0.310 e. The highest BCUT2D eigenvalue weighted by Gasteiger charge is 2.30. The molecule has 0 amide bonds. The van der Waals surface area contributed by atoms with Crippen LogP contribution in [0.4, 0.5) is 0 Å². The summed E-state index contributed by atoms with van der Waals surface area (Å²) in [7, 11) is 0. The van der Waals surface area contributed by atoms with Gasteiger partial charge < -0.3 is 9.47 Å². The standard InChI is InChI=1S/C16H22O4/c1-4-19-15(17)11-14(16(18)20-5-2)12(3)13-9-7-6-8-10-13/h6-10,12,14H,4-5,11H2,1-3H3/t12-,14-/m1/s1. The lowest BCUT2D eigenvalue weighted by molar-refractivity contribution is -0.155. The molecule has 0 radical (unpaired) electrons. The Labute approximate surface area is 120 Å². The molecule has 2 atom stereocenters. The maximum atomic E-state index is 12.1. The van der Waals surface area contributed by atoms with Crippen molar-refractivity contribution in [2.75, 3.05) is 13.2 Å². The van der Waals surface area contributed by atoms with Crippen LogP contribution in [-0.2, 0) is 19.1 Å². The predicted octanol–water partition coefficient (Wildman–Crippen LogP) is 2.92. The van der Waals surface area contributed by atoms with Gasteiger partial charge in [0.05, 0.1) is 25.6 Å². The first-order chi connectivity index (χ1) is 9.60. The van der Waals surface area contributed by atoms with Crippen molar-refractivity contribution in [3.8, 4) is 0 Å². The maximum Gasteiger partial charge on any atom is 0.310 e. The average molecular weight is 278 g/mol. The third-order valence-electron chi connectivity index (χ3n) is 3.21. The molecule has 1 rings (SSSR count). The Morgan fingerprint density at radius 2 is 1.65 bits per heavy atom. The maximum absolute atomic E-state index is 12.1. The number of benzene rings is 1. The Bertz CT molecular complexity index is 427. The molecular weight excluding hydrogens is 256 g/mol. The van der Waals surface area contributed by atoms with Crippen LogP contribution in [0.1, 0.15) is 38.7 Å². The van der Waals surface area contributed by atoms with Crippen molar-refractivity contribution >= 4 is 11.9 Å². The SMILES string of the molecule is CCOC(=O)C[C@@H](C(=O)OCC)[C@H](C)c1ccccc1. The molecule has 0 N–H and O–H groups in total. The average Bonchev–Trinajstić information content (AvgIpc) is 2.45. The predicted molar refractivity (Wildman–Crippen MR) is 76.2 cm³/mol. The van der Waals surface area contributed by atoms with Gasteiger partial charge in [-0.15, -0.1) is 0 Å². The van der Waals surface area contributed by atoms with E-state index in [4.69, 9.17) is 9.47 Å². The highest BCUT2D eigenvalue weighted by Crippen LogP contribution is 2.28. The number of esters is 2. The van der Waals surface area contributed by atoms with E-state index in [1.54, 1.807) is 13.8 Å². The van der Waals surface area contributed by atoms with Crippen molar-refractivity contribution in [2.24, 2.45) is 5.92 Å². The molecule has 0 saturated carbocycles. The van der Waals surface area contributed by atoms with Gasteiger partial charge in [0.15, 0.2) is 0 Å². The zero-order chi connectivity index (χ0) is 15.0. The molecule has 0 bridgehead atoms.